The molecule has 1 N–H and O–H groups in total. The molecule has 9 nitrogen and oxygen atoms in total. The number of methoxy groups -OCH3 is 1. The molecule has 1 aromatic heterocycles. The van der Waals surface area contributed by atoms with Gasteiger partial charge in [-0.1, -0.05) is 6.07 Å². The number of benzene rings is 2. The van der Waals surface area contributed by atoms with Gasteiger partial charge in [0.15, 0.2) is 0 Å². The topological polar surface area (TPSA) is 112 Å². The van der Waals surface area contributed by atoms with E-state index in [2.05, 4.69) is 19.5 Å². The molecule has 0 saturated heterocycles. The SMILES string of the molecule is COC(=O)c1ccc(F)c(S(=O)(=O)Nc2cccc(OCCn3cncn3)c2)c1. The molecule has 3 rings (SSSR count). The molecule has 0 spiro atoms. The zero-order valence-corrected chi connectivity index (χ0v) is 16.1. The number of anilines is 1. The van der Waals surface area contributed by atoms with Crippen molar-refractivity contribution in [2.24, 2.45) is 0 Å². The number of halogens is 1. The highest BCUT2D eigenvalue weighted by Crippen LogP contribution is 2.23. The van der Waals surface area contributed by atoms with Gasteiger partial charge >= 0.3 is 5.97 Å². The maximum absolute atomic E-state index is 14.1. The Morgan fingerprint density at radius 2 is 2.07 bits per heavy atom. The summed E-state index contributed by atoms with van der Waals surface area (Å²) in [5.41, 5.74) is 0.0885. The van der Waals surface area contributed by atoms with Crippen LogP contribution in [0.5, 0.6) is 5.75 Å². The third-order valence-corrected chi connectivity index (χ3v) is 5.18. The van der Waals surface area contributed by atoms with E-state index in [1.165, 1.54) is 18.5 Å². The summed E-state index contributed by atoms with van der Waals surface area (Å²) in [6.45, 7) is 0.747. The number of nitrogens with one attached hydrogen (secondary N) is 1. The minimum Gasteiger partial charge on any atom is -0.492 e. The number of carbonyl (C=O) groups is 1. The molecule has 3 aromatic rings. The van der Waals surface area contributed by atoms with Gasteiger partial charge in [0.05, 0.1) is 24.9 Å². The van der Waals surface area contributed by atoms with Crippen molar-refractivity contribution in [3.8, 4) is 5.75 Å². The van der Waals surface area contributed by atoms with E-state index in [-0.39, 0.29) is 17.9 Å². The first-order chi connectivity index (χ1) is 13.9. The lowest BCUT2D eigenvalue weighted by atomic mass is 10.2. The summed E-state index contributed by atoms with van der Waals surface area (Å²) >= 11 is 0. The smallest absolute Gasteiger partial charge is 0.337 e. The van der Waals surface area contributed by atoms with Crippen LogP contribution < -0.4 is 9.46 Å². The summed E-state index contributed by atoms with van der Waals surface area (Å²) in [5.74, 6) is -1.36. The standard InChI is InChI=1S/C18H17FN4O5S/c1-27-18(24)13-5-6-16(19)17(9-13)29(25,26)22-14-3-2-4-15(10-14)28-8-7-23-12-20-11-21-23/h2-6,9-12,22H,7-8H2,1H3. The molecule has 0 aliphatic heterocycles. The highest BCUT2D eigenvalue weighted by atomic mass is 32.2. The molecule has 0 atom stereocenters. The van der Waals surface area contributed by atoms with Crippen LogP contribution in [-0.4, -0.2) is 42.9 Å². The number of sulfonamides is 1. The second-order valence-corrected chi connectivity index (χ2v) is 7.43. The van der Waals surface area contributed by atoms with Gasteiger partial charge in [0.25, 0.3) is 10.0 Å². The summed E-state index contributed by atoms with van der Waals surface area (Å²) in [6, 6.07) is 9.14. The Morgan fingerprint density at radius 1 is 1.24 bits per heavy atom. The second kappa shape index (κ2) is 8.69. The molecule has 2 aromatic carbocycles. The normalized spacial score (nSPS) is 11.1. The minimum absolute atomic E-state index is 0.0838. The Hall–Kier alpha value is -3.47. The molecule has 0 bridgehead atoms. The maximum Gasteiger partial charge on any atom is 0.337 e. The van der Waals surface area contributed by atoms with Crippen LogP contribution in [0.4, 0.5) is 10.1 Å². The lowest BCUT2D eigenvalue weighted by Crippen LogP contribution is -2.16. The lowest BCUT2D eigenvalue weighted by molar-refractivity contribution is 0.0600. The Balaban J connectivity index is 1.74. The van der Waals surface area contributed by atoms with Crippen molar-refractivity contribution in [1.82, 2.24) is 14.8 Å². The van der Waals surface area contributed by atoms with E-state index in [0.717, 1.165) is 25.3 Å². The summed E-state index contributed by atoms with van der Waals surface area (Å²) < 4.78 is 53.3. The first-order valence-electron chi connectivity index (χ1n) is 8.35. The minimum atomic E-state index is -4.29. The number of esters is 1. The van der Waals surface area contributed by atoms with E-state index in [9.17, 15) is 17.6 Å². The van der Waals surface area contributed by atoms with Gasteiger partial charge in [-0.3, -0.25) is 4.72 Å². The van der Waals surface area contributed by atoms with Crippen LogP contribution in [0, 0.1) is 5.82 Å². The fourth-order valence-electron chi connectivity index (χ4n) is 2.42. The van der Waals surface area contributed by atoms with Crippen molar-refractivity contribution in [2.45, 2.75) is 11.4 Å². The largest absolute Gasteiger partial charge is 0.492 e. The van der Waals surface area contributed by atoms with E-state index < -0.39 is 26.7 Å². The molecule has 0 radical (unpaired) electrons. The molecular formula is C18H17FN4O5S. The zero-order valence-electron chi connectivity index (χ0n) is 15.3. The van der Waals surface area contributed by atoms with Crippen LogP contribution in [0.1, 0.15) is 10.4 Å². The summed E-state index contributed by atoms with van der Waals surface area (Å²) in [6.07, 6.45) is 2.95. The maximum atomic E-state index is 14.1. The van der Waals surface area contributed by atoms with Crippen molar-refractivity contribution < 1.29 is 27.1 Å². The van der Waals surface area contributed by atoms with Gasteiger partial charge in [-0.25, -0.2) is 27.3 Å². The van der Waals surface area contributed by atoms with Gasteiger partial charge in [0, 0.05) is 6.07 Å². The average Bonchev–Trinajstić information content (AvgIpc) is 3.21. The molecule has 0 fully saturated rings. The molecule has 0 saturated carbocycles. The molecule has 152 valence electrons. The van der Waals surface area contributed by atoms with Gasteiger partial charge < -0.3 is 9.47 Å². The Bertz CT molecular complexity index is 1100. The molecular weight excluding hydrogens is 403 g/mol. The van der Waals surface area contributed by atoms with Crippen LogP contribution in [0.15, 0.2) is 60.0 Å². The fourth-order valence-corrected chi connectivity index (χ4v) is 3.57. The third kappa shape index (κ3) is 5.08. The van der Waals surface area contributed by atoms with Crippen molar-refractivity contribution in [3.63, 3.8) is 0 Å². The number of aromatic nitrogens is 3. The number of rotatable bonds is 8. The van der Waals surface area contributed by atoms with E-state index >= 15 is 0 Å². The van der Waals surface area contributed by atoms with Gasteiger partial charge in [-0.2, -0.15) is 5.10 Å². The Kier molecular flexibility index (Phi) is 6.07. The van der Waals surface area contributed by atoms with Crippen molar-refractivity contribution >= 4 is 21.7 Å². The van der Waals surface area contributed by atoms with E-state index in [4.69, 9.17) is 4.74 Å². The summed E-state index contributed by atoms with van der Waals surface area (Å²) in [7, 11) is -3.15. The van der Waals surface area contributed by atoms with Crippen LogP contribution in [0.2, 0.25) is 0 Å². The number of hydrogen-bond acceptors (Lipinski definition) is 7. The average molecular weight is 420 g/mol. The van der Waals surface area contributed by atoms with Gasteiger partial charge in [0.1, 0.15) is 35.7 Å². The molecule has 0 unspecified atom stereocenters. The highest BCUT2D eigenvalue weighted by Gasteiger charge is 2.22. The van der Waals surface area contributed by atoms with E-state index in [1.807, 2.05) is 0 Å². The molecule has 1 heterocycles. The molecule has 0 amide bonds. The third-order valence-electron chi connectivity index (χ3n) is 3.78. The molecule has 0 aliphatic carbocycles. The predicted molar refractivity (Wildman–Crippen MR) is 101 cm³/mol. The van der Waals surface area contributed by atoms with Gasteiger partial charge in [-0.05, 0) is 30.3 Å². The van der Waals surface area contributed by atoms with E-state index in [1.54, 1.807) is 23.1 Å². The van der Waals surface area contributed by atoms with Crippen LogP contribution in [-0.2, 0) is 21.3 Å². The summed E-state index contributed by atoms with van der Waals surface area (Å²) in [5, 5.41) is 3.95. The molecule has 0 aliphatic rings. The van der Waals surface area contributed by atoms with Gasteiger partial charge in [0.2, 0.25) is 0 Å². The molecule has 11 heteroatoms. The van der Waals surface area contributed by atoms with Crippen LogP contribution >= 0.6 is 0 Å². The van der Waals surface area contributed by atoms with Gasteiger partial charge in [-0.15, -0.1) is 0 Å². The monoisotopic (exact) mass is 420 g/mol. The Labute approximate surface area is 166 Å². The Morgan fingerprint density at radius 3 is 2.79 bits per heavy atom. The number of ether oxygens (including phenoxy) is 2. The predicted octanol–water partition coefficient (Wildman–Crippen LogP) is 2.08. The lowest BCUT2D eigenvalue weighted by Gasteiger charge is -2.12. The zero-order chi connectivity index (χ0) is 20.9. The first kappa shape index (κ1) is 20.3. The van der Waals surface area contributed by atoms with Crippen molar-refractivity contribution in [2.75, 3.05) is 18.4 Å². The van der Waals surface area contributed by atoms with Crippen LogP contribution in [0.3, 0.4) is 0 Å². The fraction of sp³-hybridized carbons (Fsp3) is 0.167. The van der Waals surface area contributed by atoms with Crippen molar-refractivity contribution in [1.29, 1.82) is 0 Å². The first-order valence-corrected chi connectivity index (χ1v) is 9.83. The van der Waals surface area contributed by atoms with Crippen LogP contribution in [0.25, 0.3) is 0 Å². The number of carbonyl (C=O) groups excluding carboxylic acids is 1. The second-order valence-electron chi connectivity index (χ2n) is 5.78. The quantitative estimate of drug-likeness (QED) is 0.555. The van der Waals surface area contributed by atoms with E-state index in [0.29, 0.717) is 12.3 Å². The number of nitrogens with zero attached hydrogens (tertiary/aromatic N) is 3. The summed E-state index contributed by atoms with van der Waals surface area (Å²) in [4.78, 5) is 14.8. The highest BCUT2D eigenvalue weighted by molar-refractivity contribution is 7.92. The number of hydrogen-bond donors (Lipinski definition) is 1. The van der Waals surface area contributed by atoms with Crippen molar-refractivity contribution in [3.05, 3.63) is 66.5 Å². The molecule has 29 heavy (non-hydrogen) atoms.